The lowest BCUT2D eigenvalue weighted by atomic mass is 9.83. The molecule has 1 fully saturated rings. The van der Waals surface area contributed by atoms with Crippen LogP contribution in [0.3, 0.4) is 0 Å². The van der Waals surface area contributed by atoms with E-state index in [9.17, 15) is 4.79 Å². The van der Waals surface area contributed by atoms with E-state index in [0.29, 0.717) is 18.4 Å². The molecule has 2 heterocycles. The van der Waals surface area contributed by atoms with Crippen LogP contribution < -0.4 is 5.32 Å². The lowest BCUT2D eigenvalue weighted by molar-refractivity contribution is -0.131. The molecule has 102 valence electrons. The van der Waals surface area contributed by atoms with Crippen molar-refractivity contribution in [3.63, 3.8) is 0 Å². The molecule has 0 aliphatic carbocycles. The third kappa shape index (κ3) is 3.35. The molecule has 0 bridgehead atoms. The Kier molecular flexibility index (Phi) is 4.10. The third-order valence-electron chi connectivity index (χ3n) is 4.11. The van der Waals surface area contributed by atoms with E-state index in [0.717, 1.165) is 32.5 Å². The van der Waals surface area contributed by atoms with E-state index in [1.165, 1.54) is 12.0 Å². The zero-order valence-corrected chi connectivity index (χ0v) is 12.0. The average molecular weight is 250 g/mol. The number of nitrogens with zero attached hydrogens (tertiary/aromatic N) is 1. The largest absolute Gasteiger partial charge is 0.339 e. The molecular formula is C15H26N2O. The molecule has 0 aromatic heterocycles. The van der Waals surface area contributed by atoms with Gasteiger partial charge in [-0.1, -0.05) is 32.4 Å². The van der Waals surface area contributed by atoms with Crippen LogP contribution in [0.5, 0.6) is 0 Å². The fourth-order valence-electron chi connectivity index (χ4n) is 2.85. The molecule has 2 rings (SSSR count). The predicted octanol–water partition coefficient (Wildman–Crippen LogP) is 2.33. The van der Waals surface area contributed by atoms with Gasteiger partial charge < -0.3 is 10.2 Å². The van der Waals surface area contributed by atoms with Gasteiger partial charge in [0, 0.05) is 25.6 Å². The molecule has 1 amide bonds. The first-order valence-electron chi connectivity index (χ1n) is 7.17. The summed E-state index contributed by atoms with van der Waals surface area (Å²) in [5.41, 5.74) is 1.74. The summed E-state index contributed by atoms with van der Waals surface area (Å²) in [5, 5.41) is 3.40. The fourth-order valence-corrected chi connectivity index (χ4v) is 2.85. The summed E-state index contributed by atoms with van der Waals surface area (Å²) in [4.78, 5) is 14.2. The first kappa shape index (κ1) is 13.6. The summed E-state index contributed by atoms with van der Waals surface area (Å²) in [6.07, 6.45) is 6.34. The molecule has 0 radical (unpaired) electrons. The minimum absolute atomic E-state index is 0.252. The molecule has 0 aromatic carbocycles. The summed E-state index contributed by atoms with van der Waals surface area (Å²) >= 11 is 0. The Morgan fingerprint density at radius 1 is 1.50 bits per heavy atom. The zero-order chi connectivity index (χ0) is 13.2. The highest BCUT2D eigenvalue weighted by Gasteiger charge is 2.25. The molecule has 18 heavy (non-hydrogen) atoms. The lowest BCUT2D eigenvalue weighted by Crippen LogP contribution is -2.39. The maximum atomic E-state index is 12.2. The first-order valence-corrected chi connectivity index (χ1v) is 7.17. The van der Waals surface area contributed by atoms with E-state index in [1.807, 2.05) is 4.90 Å². The van der Waals surface area contributed by atoms with E-state index < -0.39 is 0 Å². The molecule has 0 spiro atoms. The second-order valence-corrected chi connectivity index (χ2v) is 6.57. The van der Waals surface area contributed by atoms with Crippen LogP contribution in [0.2, 0.25) is 0 Å². The van der Waals surface area contributed by atoms with E-state index in [-0.39, 0.29) is 5.41 Å². The second kappa shape index (κ2) is 5.43. The van der Waals surface area contributed by atoms with Crippen molar-refractivity contribution in [2.24, 2.45) is 5.41 Å². The predicted molar refractivity (Wildman–Crippen MR) is 74.4 cm³/mol. The van der Waals surface area contributed by atoms with Crippen molar-refractivity contribution in [2.75, 3.05) is 19.6 Å². The van der Waals surface area contributed by atoms with Gasteiger partial charge in [0.05, 0.1) is 0 Å². The van der Waals surface area contributed by atoms with Gasteiger partial charge in [-0.2, -0.15) is 0 Å². The van der Waals surface area contributed by atoms with Gasteiger partial charge in [0.15, 0.2) is 0 Å². The van der Waals surface area contributed by atoms with Gasteiger partial charge in [-0.3, -0.25) is 4.79 Å². The first-order chi connectivity index (χ1) is 8.47. The molecule has 2 aliphatic rings. The Morgan fingerprint density at radius 3 is 2.78 bits per heavy atom. The monoisotopic (exact) mass is 250 g/mol. The third-order valence-corrected chi connectivity index (χ3v) is 4.11. The van der Waals surface area contributed by atoms with Gasteiger partial charge in [0.1, 0.15) is 0 Å². The molecule has 0 saturated carbocycles. The van der Waals surface area contributed by atoms with Crippen molar-refractivity contribution in [3.05, 3.63) is 11.6 Å². The molecule has 3 nitrogen and oxygen atoms in total. The highest BCUT2D eigenvalue weighted by Crippen LogP contribution is 2.30. The summed E-state index contributed by atoms with van der Waals surface area (Å²) in [6.45, 7) is 9.52. The van der Waals surface area contributed by atoms with Gasteiger partial charge >= 0.3 is 0 Å². The van der Waals surface area contributed by atoms with E-state index >= 15 is 0 Å². The molecule has 1 atom stereocenters. The van der Waals surface area contributed by atoms with Crippen molar-refractivity contribution >= 4 is 5.91 Å². The number of rotatable bonds is 2. The van der Waals surface area contributed by atoms with Crippen molar-refractivity contribution in [1.82, 2.24) is 10.2 Å². The standard InChI is InChI=1S/C15H26N2O/c1-15(2,3)12-6-9-17(10-7-12)14(18)11-13-5-4-8-16-13/h6,13,16H,4-5,7-11H2,1-3H3. The Bertz CT molecular complexity index is 335. The van der Waals surface area contributed by atoms with Gasteiger partial charge in [-0.15, -0.1) is 0 Å². The Labute approximate surface area is 111 Å². The molecule has 1 saturated heterocycles. The van der Waals surface area contributed by atoms with E-state index in [1.54, 1.807) is 0 Å². The number of hydrogen-bond acceptors (Lipinski definition) is 2. The number of amides is 1. The Balaban J connectivity index is 1.85. The fraction of sp³-hybridized carbons (Fsp3) is 0.800. The van der Waals surface area contributed by atoms with Gasteiger partial charge in [0.2, 0.25) is 5.91 Å². The van der Waals surface area contributed by atoms with Crippen LogP contribution >= 0.6 is 0 Å². The minimum Gasteiger partial charge on any atom is -0.339 e. The Morgan fingerprint density at radius 2 is 2.28 bits per heavy atom. The van der Waals surface area contributed by atoms with Gasteiger partial charge in [-0.25, -0.2) is 0 Å². The Hall–Kier alpha value is -0.830. The molecule has 2 aliphatic heterocycles. The normalized spacial score (nSPS) is 25.2. The van der Waals surface area contributed by atoms with Crippen LogP contribution in [0, 0.1) is 5.41 Å². The molecule has 1 N–H and O–H groups in total. The maximum Gasteiger partial charge on any atom is 0.224 e. The van der Waals surface area contributed by atoms with Crippen LogP contribution in [0.15, 0.2) is 11.6 Å². The molecule has 0 aromatic rings. The SMILES string of the molecule is CC(C)(C)C1=CCN(C(=O)CC2CCCN2)CC1. The number of nitrogens with one attached hydrogen (secondary N) is 1. The summed E-state index contributed by atoms with van der Waals surface area (Å²) < 4.78 is 0. The number of carbonyl (C=O) groups excluding carboxylic acids is 1. The molecule has 3 heteroatoms. The zero-order valence-electron chi connectivity index (χ0n) is 12.0. The molecular weight excluding hydrogens is 224 g/mol. The van der Waals surface area contributed by atoms with Crippen molar-refractivity contribution in [1.29, 1.82) is 0 Å². The summed E-state index contributed by atoms with van der Waals surface area (Å²) in [7, 11) is 0. The number of carbonyl (C=O) groups is 1. The minimum atomic E-state index is 0.252. The van der Waals surface area contributed by atoms with Crippen LogP contribution in [0.4, 0.5) is 0 Å². The smallest absolute Gasteiger partial charge is 0.224 e. The quantitative estimate of drug-likeness (QED) is 0.763. The van der Waals surface area contributed by atoms with E-state index in [4.69, 9.17) is 0 Å². The summed E-state index contributed by atoms with van der Waals surface area (Å²) in [5.74, 6) is 0.318. The van der Waals surface area contributed by atoms with Crippen LogP contribution in [-0.2, 0) is 4.79 Å². The summed E-state index contributed by atoms with van der Waals surface area (Å²) in [6, 6.07) is 0.422. The topological polar surface area (TPSA) is 32.3 Å². The van der Waals surface area contributed by atoms with Crippen LogP contribution in [-0.4, -0.2) is 36.5 Å². The number of hydrogen-bond donors (Lipinski definition) is 1. The van der Waals surface area contributed by atoms with Crippen molar-refractivity contribution < 1.29 is 4.79 Å². The van der Waals surface area contributed by atoms with Crippen LogP contribution in [0.25, 0.3) is 0 Å². The van der Waals surface area contributed by atoms with Gasteiger partial charge in [-0.05, 0) is 31.2 Å². The maximum absolute atomic E-state index is 12.2. The van der Waals surface area contributed by atoms with Crippen molar-refractivity contribution in [2.45, 2.75) is 52.5 Å². The van der Waals surface area contributed by atoms with Gasteiger partial charge in [0.25, 0.3) is 0 Å². The van der Waals surface area contributed by atoms with Crippen LogP contribution in [0.1, 0.15) is 46.5 Å². The highest BCUT2D eigenvalue weighted by atomic mass is 16.2. The van der Waals surface area contributed by atoms with Crippen molar-refractivity contribution in [3.8, 4) is 0 Å². The second-order valence-electron chi connectivity index (χ2n) is 6.57. The average Bonchev–Trinajstić information content (AvgIpc) is 2.81. The highest BCUT2D eigenvalue weighted by molar-refractivity contribution is 5.77. The van der Waals surface area contributed by atoms with E-state index in [2.05, 4.69) is 32.2 Å². The molecule has 1 unspecified atom stereocenters. The lowest BCUT2D eigenvalue weighted by Gasteiger charge is -2.32.